The van der Waals surface area contributed by atoms with E-state index in [2.05, 4.69) is 0 Å². The third-order valence-electron chi connectivity index (χ3n) is 5.18. The number of rotatable bonds is 5. The number of thioether (sulfide) groups is 1. The van der Waals surface area contributed by atoms with Crippen molar-refractivity contribution in [2.75, 3.05) is 31.1 Å². The molecule has 1 aromatic heterocycles. The maximum atomic E-state index is 13.0. The monoisotopic (exact) mass is 446 g/mol. The third kappa shape index (κ3) is 5.07. The summed E-state index contributed by atoms with van der Waals surface area (Å²) in [6, 6.07) is 17.0. The summed E-state index contributed by atoms with van der Waals surface area (Å²) in [6.45, 7) is 1.76. The highest BCUT2D eigenvalue weighted by molar-refractivity contribution is 7.98. The molecule has 0 radical (unpaired) electrons. The molecule has 1 fully saturated rings. The van der Waals surface area contributed by atoms with Crippen molar-refractivity contribution in [3.63, 3.8) is 0 Å². The maximum absolute atomic E-state index is 13.0. The minimum absolute atomic E-state index is 0.183. The molecule has 8 heteroatoms. The van der Waals surface area contributed by atoms with Crippen LogP contribution in [0.5, 0.6) is 0 Å². The fourth-order valence-electron chi connectivity index (χ4n) is 3.51. The van der Waals surface area contributed by atoms with Crippen LogP contribution in [0.3, 0.4) is 0 Å². The normalized spacial score (nSPS) is 14.7. The van der Waals surface area contributed by atoms with Gasteiger partial charge < -0.3 is 14.2 Å². The van der Waals surface area contributed by atoms with Crippen molar-refractivity contribution in [3.05, 3.63) is 83.8 Å². The number of hydrogen-bond acceptors (Lipinski definition) is 4. The van der Waals surface area contributed by atoms with Gasteiger partial charge in [0.25, 0.3) is 5.91 Å². The predicted molar refractivity (Wildman–Crippen MR) is 114 cm³/mol. The maximum Gasteiger partial charge on any atom is 0.416 e. The fourth-order valence-corrected chi connectivity index (χ4v) is 4.40. The van der Waals surface area contributed by atoms with Crippen LogP contribution in [0.4, 0.5) is 18.9 Å². The number of anilines is 1. The number of carbonyl (C=O) groups excluding carboxylic acids is 1. The number of carbonyl (C=O) groups is 1. The molecule has 2 heterocycles. The Morgan fingerprint density at radius 1 is 0.968 bits per heavy atom. The first-order valence-electron chi connectivity index (χ1n) is 9.87. The van der Waals surface area contributed by atoms with Crippen molar-refractivity contribution in [2.24, 2.45) is 0 Å². The Kier molecular flexibility index (Phi) is 6.27. The molecule has 2 aromatic carbocycles. The quantitative estimate of drug-likeness (QED) is 0.482. The Bertz CT molecular complexity index is 1030. The summed E-state index contributed by atoms with van der Waals surface area (Å²) in [4.78, 5) is 17.6. The van der Waals surface area contributed by atoms with Crippen LogP contribution in [0.2, 0.25) is 0 Å². The van der Waals surface area contributed by atoms with Gasteiger partial charge in [-0.3, -0.25) is 4.79 Å². The molecule has 0 saturated carbocycles. The number of piperazine rings is 1. The molecule has 1 saturated heterocycles. The smallest absolute Gasteiger partial charge is 0.416 e. The highest BCUT2D eigenvalue weighted by atomic mass is 32.2. The van der Waals surface area contributed by atoms with E-state index in [0.29, 0.717) is 43.4 Å². The van der Waals surface area contributed by atoms with Crippen molar-refractivity contribution in [2.45, 2.75) is 16.8 Å². The molecule has 31 heavy (non-hydrogen) atoms. The van der Waals surface area contributed by atoms with Gasteiger partial charge in [-0.1, -0.05) is 24.3 Å². The van der Waals surface area contributed by atoms with Gasteiger partial charge in [0.05, 0.1) is 11.8 Å². The summed E-state index contributed by atoms with van der Waals surface area (Å²) >= 11 is 1.63. The largest absolute Gasteiger partial charge is 0.459 e. The predicted octanol–water partition coefficient (Wildman–Crippen LogP) is 5.55. The summed E-state index contributed by atoms with van der Waals surface area (Å²) in [6.07, 6.45) is -2.85. The number of alkyl halides is 3. The van der Waals surface area contributed by atoms with Gasteiger partial charge >= 0.3 is 6.18 Å². The number of amides is 1. The third-order valence-corrected chi connectivity index (χ3v) is 6.24. The second-order valence-electron chi connectivity index (χ2n) is 7.20. The number of halogens is 3. The fraction of sp³-hybridized carbons (Fsp3) is 0.261. The second kappa shape index (κ2) is 9.09. The zero-order valence-electron chi connectivity index (χ0n) is 16.6. The van der Waals surface area contributed by atoms with E-state index in [1.165, 1.54) is 12.3 Å². The summed E-state index contributed by atoms with van der Waals surface area (Å²) in [7, 11) is 0. The molecule has 3 aromatic rings. The zero-order valence-corrected chi connectivity index (χ0v) is 17.5. The number of nitrogens with zero attached hydrogens (tertiary/aromatic N) is 2. The Balaban J connectivity index is 1.38. The molecule has 162 valence electrons. The van der Waals surface area contributed by atoms with Gasteiger partial charge in [-0.15, -0.1) is 11.8 Å². The van der Waals surface area contributed by atoms with Gasteiger partial charge in [-0.25, -0.2) is 0 Å². The van der Waals surface area contributed by atoms with Gasteiger partial charge in [0.15, 0.2) is 5.76 Å². The van der Waals surface area contributed by atoms with E-state index in [1.54, 1.807) is 22.7 Å². The van der Waals surface area contributed by atoms with Crippen molar-refractivity contribution >= 4 is 23.4 Å². The molecule has 0 aliphatic carbocycles. The SMILES string of the molecule is O=C(c1occc1CSc1ccccc1)N1CCN(c2cccc(C(F)(F)F)c2)CC1. The lowest BCUT2D eigenvalue weighted by Gasteiger charge is -2.36. The molecular formula is C23H21F3N2O2S. The van der Waals surface area contributed by atoms with Gasteiger partial charge in [-0.05, 0) is 36.4 Å². The Morgan fingerprint density at radius 3 is 2.42 bits per heavy atom. The van der Waals surface area contributed by atoms with E-state index in [-0.39, 0.29) is 5.91 Å². The van der Waals surface area contributed by atoms with E-state index < -0.39 is 11.7 Å². The lowest BCUT2D eigenvalue weighted by Crippen LogP contribution is -2.48. The molecular weight excluding hydrogens is 425 g/mol. The average molecular weight is 446 g/mol. The first kappa shape index (κ1) is 21.4. The van der Waals surface area contributed by atoms with Gasteiger partial charge in [0.2, 0.25) is 0 Å². The van der Waals surface area contributed by atoms with Crippen molar-refractivity contribution in [1.82, 2.24) is 4.90 Å². The molecule has 1 amide bonds. The average Bonchev–Trinajstić information content (AvgIpc) is 3.26. The van der Waals surface area contributed by atoms with E-state index in [4.69, 9.17) is 4.42 Å². The Morgan fingerprint density at radius 2 is 1.71 bits per heavy atom. The van der Waals surface area contributed by atoms with Gasteiger partial charge in [0.1, 0.15) is 0 Å². The number of hydrogen-bond donors (Lipinski definition) is 0. The number of benzene rings is 2. The van der Waals surface area contributed by atoms with Crippen molar-refractivity contribution < 1.29 is 22.4 Å². The van der Waals surface area contributed by atoms with E-state index in [0.717, 1.165) is 22.6 Å². The molecule has 0 spiro atoms. The first-order valence-corrected chi connectivity index (χ1v) is 10.9. The summed E-state index contributed by atoms with van der Waals surface area (Å²) in [5.74, 6) is 0.763. The van der Waals surface area contributed by atoms with Crippen LogP contribution in [-0.2, 0) is 11.9 Å². The second-order valence-corrected chi connectivity index (χ2v) is 8.25. The van der Waals surface area contributed by atoms with Crippen LogP contribution in [0.25, 0.3) is 0 Å². The minimum Gasteiger partial charge on any atom is -0.459 e. The zero-order chi connectivity index (χ0) is 21.8. The first-order chi connectivity index (χ1) is 14.9. The van der Waals surface area contributed by atoms with Gasteiger partial charge in [-0.2, -0.15) is 13.2 Å². The molecule has 1 aliphatic heterocycles. The van der Waals surface area contributed by atoms with Gasteiger partial charge in [0, 0.05) is 48.1 Å². The van der Waals surface area contributed by atoms with Crippen LogP contribution in [-0.4, -0.2) is 37.0 Å². The van der Waals surface area contributed by atoms with E-state index >= 15 is 0 Å². The lowest BCUT2D eigenvalue weighted by atomic mass is 10.1. The van der Waals surface area contributed by atoms with Crippen LogP contribution in [0, 0.1) is 0 Å². The standard InChI is InChI=1S/C23H21F3N2O2S/c24-23(25,26)18-5-4-6-19(15-18)27-10-12-28(13-11-27)22(29)21-17(9-14-30-21)16-31-20-7-2-1-3-8-20/h1-9,14-15H,10-13,16H2. The van der Waals surface area contributed by atoms with Crippen molar-refractivity contribution in [3.8, 4) is 0 Å². The molecule has 4 nitrogen and oxygen atoms in total. The summed E-state index contributed by atoms with van der Waals surface area (Å²) in [5.41, 5.74) is 0.679. The van der Waals surface area contributed by atoms with E-state index in [1.807, 2.05) is 41.3 Å². The van der Waals surface area contributed by atoms with Crippen LogP contribution in [0.1, 0.15) is 21.7 Å². The summed E-state index contributed by atoms with van der Waals surface area (Å²) in [5, 5.41) is 0. The van der Waals surface area contributed by atoms with Crippen LogP contribution >= 0.6 is 11.8 Å². The Labute approximate surface area is 182 Å². The number of furan rings is 1. The molecule has 0 atom stereocenters. The van der Waals surface area contributed by atoms with Crippen LogP contribution < -0.4 is 4.90 Å². The summed E-state index contributed by atoms with van der Waals surface area (Å²) < 4.78 is 44.4. The van der Waals surface area contributed by atoms with Crippen molar-refractivity contribution in [1.29, 1.82) is 0 Å². The molecule has 0 unspecified atom stereocenters. The highest BCUT2D eigenvalue weighted by Crippen LogP contribution is 2.32. The van der Waals surface area contributed by atoms with Crippen LogP contribution in [0.15, 0.2) is 76.2 Å². The molecule has 0 bridgehead atoms. The highest BCUT2D eigenvalue weighted by Gasteiger charge is 2.31. The molecule has 4 rings (SSSR count). The topological polar surface area (TPSA) is 36.7 Å². The minimum atomic E-state index is -4.37. The van der Waals surface area contributed by atoms with E-state index in [9.17, 15) is 18.0 Å². The Hall–Kier alpha value is -2.87. The molecule has 1 aliphatic rings. The molecule has 0 N–H and O–H groups in total. The lowest BCUT2D eigenvalue weighted by molar-refractivity contribution is -0.137.